The molecule has 0 radical (unpaired) electrons. The Morgan fingerprint density at radius 1 is 1.08 bits per heavy atom. The lowest BCUT2D eigenvalue weighted by Crippen LogP contribution is -2.27. The molecule has 0 spiro atoms. The number of carbonyl (C=O) groups excluding carboxylic acids is 2. The van der Waals surface area contributed by atoms with E-state index >= 15 is 0 Å². The van der Waals surface area contributed by atoms with Gasteiger partial charge in [0.1, 0.15) is 5.75 Å². The number of hydrogen-bond acceptors (Lipinski definition) is 4. The third-order valence-corrected chi connectivity index (χ3v) is 4.95. The first kappa shape index (κ1) is 16.3. The van der Waals surface area contributed by atoms with Gasteiger partial charge in [-0.3, -0.25) is 9.59 Å². The van der Waals surface area contributed by atoms with E-state index in [1.54, 1.807) is 19.2 Å². The molecule has 4 nitrogen and oxygen atoms in total. The van der Waals surface area contributed by atoms with E-state index in [2.05, 4.69) is 0 Å². The van der Waals surface area contributed by atoms with Crippen LogP contribution in [-0.4, -0.2) is 18.3 Å². The van der Waals surface area contributed by atoms with Crippen molar-refractivity contribution in [3.8, 4) is 5.75 Å². The van der Waals surface area contributed by atoms with Crippen LogP contribution in [0.15, 0.2) is 53.4 Å². The first-order valence-electron chi connectivity index (χ1n) is 7.49. The van der Waals surface area contributed by atoms with Gasteiger partial charge in [0.25, 0.3) is 11.1 Å². The highest BCUT2D eigenvalue weighted by Gasteiger charge is 2.37. The van der Waals surface area contributed by atoms with Crippen molar-refractivity contribution in [2.45, 2.75) is 13.8 Å². The standard InChI is InChI=1S/C19H17NO3S/c1-12-7-9-15(10-8-12)20-18(21)17(24-19(20)22)13(2)14-5-4-6-16(11-14)23-3/h4-11H,1-3H3/b17-13-. The molecule has 2 aromatic rings. The van der Waals surface area contributed by atoms with Crippen LogP contribution in [0.2, 0.25) is 0 Å². The number of carbonyl (C=O) groups is 2. The molecule has 2 amide bonds. The van der Waals surface area contributed by atoms with Crippen LogP contribution >= 0.6 is 11.8 Å². The normalized spacial score (nSPS) is 16.5. The zero-order valence-corrected chi connectivity index (χ0v) is 14.5. The summed E-state index contributed by atoms with van der Waals surface area (Å²) in [5, 5.41) is -0.277. The predicted octanol–water partition coefficient (Wildman–Crippen LogP) is 4.63. The zero-order chi connectivity index (χ0) is 17.3. The van der Waals surface area contributed by atoms with Crippen LogP contribution in [0.4, 0.5) is 10.5 Å². The van der Waals surface area contributed by atoms with Gasteiger partial charge >= 0.3 is 0 Å². The maximum Gasteiger partial charge on any atom is 0.298 e. The van der Waals surface area contributed by atoms with Crippen LogP contribution in [0.1, 0.15) is 18.1 Å². The van der Waals surface area contributed by atoms with Gasteiger partial charge in [-0.05, 0) is 61.0 Å². The molecule has 0 saturated carbocycles. The van der Waals surface area contributed by atoms with Gasteiger partial charge in [0.2, 0.25) is 0 Å². The quantitative estimate of drug-likeness (QED) is 0.765. The Morgan fingerprint density at radius 3 is 2.46 bits per heavy atom. The summed E-state index contributed by atoms with van der Waals surface area (Å²) in [6.07, 6.45) is 0. The minimum absolute atomic E-state index is 0.277. The summed E-state index contributed by atoms with van der Waals surface area (Å²) in [7, 11) is 1.60. The number of ether oxygens (including phenoxy) is 1. The van der Waals surface area contributed by atoms with Crippen molar-refractivity contribution < 1.29 is 14.3 Å². The fourth-order valence-corrected chi connectivity index (χ4v) is 3.41. The third kappa shape index (κ3) is 2.95. The zero-order valence-electron chi connectivity index (χ0n) is 13.7. The van der Waals surface area contributed by atoms with E-state index < -0.39 is 0 Å². The minimum Gasteiger partial charge on any atom is -0.497 e. The molecule has 1 heterocycles. The fraction of sp³-hybridized carbons (Fsp3) is 0.158. The highest BCUT2D eigenvalue weighted by molar-refractivity contribution is 8.19. The van der Waals surface area contributed by atoms with Gasteiger partial charge in [-0.1, -0.05) is 29.8 Å². The lowest BCUT2D eigenvalue weighted by molar-refractivity contribution is -0.113. The Labute approximate surface area is 145 Å². The van der Waals surface area contributed by atoms with E-state index in [0.29, 0.717) is 16.3 Å². The molecule has 0 aromatic heterocycles. The number of amides is 2. The molecule has 5 heteroatoms. The van der Waals surface area contributed by atoms with Crippen LogP contribution in [0.3, 0.4) is 0 Å². The maximum atomic E-state index is 12.8. The third-order valence-electron chi connectivity index (χ3n) is 3.90. The van der Waals surface area contributed by atoms with Crippen molar-refractivity contribution in [1.82, 2.24) is 0 Å². The number of hydrogen-bond donors (Lipinski definition) is 0. The van der Waals surface area contributed by atoms with E-state index in [-0.39, 0.29) is 11.1 Å². The molecule has 0 atom stereocenters. The summed E-state index contributed by atoms with van der Waals surface area (Å²) in [6.45, 7) is 3.81. The number of nitrogens with zero attached hydrogens (tertiary/aromatic N) is 1. The first-order valence-corrected chi connectivity index (χ1v) is 8.31. The van der Waals surface area contributed by atoms with Crippen molar-refractivity contribution in [1.29, 1.82) is 0 Å². The molecule has 0 unspecified atom stereocenters. The van der Waals surface area contributed by atoms with Gasteiger partial charge in [0, 0.05) is 0 Å². The van der Waals surface area contributed by atoms with Crippen molar-refractivity contribution >= 4 is 34.2 Å². The smallest absolute Gasteiger partial charge is 0.298 e. The van der Waals surface area contributed by atoms with Crippen LogP contribution < -0.4 is 9.64 Å². The average molecular weight is 339 g/mol. The van der Waals surface area contributed by atoms with Gasteiger partial charge < -0.3 is 4.74 Å². The monoisotopic (exact) mass is 339 g/mol. The van der Waals surface area contributed by atoms with Gasteiger partial charge in [-0.15, -0.1) is 0 Å². The molecule has 1 aliphatic rings. The summed E-state index contributed by atoms with van der Waals surface area (Å²) in [4.78, 5) is 26.8. The molecule has 0 N–H and O–H groups in total. The Bertz CT molecular complexity index is 840. The Morgan fingerprint density at radius 2 is 1.79 bits per heavy atom. The fourth-order valence-electron chi connectivity index (χ4n) is 2.50. The lowest BCUT2D eigenvalue weighted by atomic mass is 10.1. The minimum atomic E-state index is -0.283. The highest BCUT2D eigenvalue weighted by Crippen LogP contribution is 2.39. The second kappa shape index (κ2) is 6.53. The van der Waals surface area contributed by atoms with Crippen LogP contribution in [-0.2, 0) is 4.79 Å². The van der Waals surface area contributed by atoms with Crippen LogP contribution in [0, 0.1) is 6.92 Å². The number of benzene rings is 2. The molecule has 0 aliphatic carbocycles. The van der Waals surface area contributed by atoms with E-state index in [9.17, 15) is 9.59 Å². The molecule has 0 bridgehead atoms. The summed E-state index contributed by atoms with van der Waals surface area (Å²) in [5.41, 5.74) is 3.31. The second-order valence-electron chi connectivity index (χ2n) is 5.53. The van der Waals surface area contributed by atoms with E-state index in [4.69, 9.17) is 4.74 Å². The van der Waals surface area contributed by atoms with E-state index in [0.717, 1.165) is 28.5 Å². The van der Waals surface area contributed by atoms with E-state index in [1.165, 1.54) is 4.90 Å². The number of anilines is 1. The molecule has 3 rings (SSSR count). The van der Waals surface area contributed by atoms with Gasteiger partial charge in [-0.25, -0.2) is 4.90 Å². The Hall–Kier alpha value is -2.53. The number of allylic oxidation sites excluding steroid dienone is 1. The number of aryl methyl sites for hydroxylation is 1. The second-order valence-corrected chi connectivity index (χ2v) is 6.49. The topological polar surface area (TPSA) is 46.6 Å². The Kier molecular flexibility index (Phi) is 4.44. The van der Waals surface area contributed by atoms with Gasteiger partial charge in [-0.2, -0.15) is 0 Å². The van der Waals surface area contributed by atoms with Gasteiger partial charge in [0.05, 0.1) is 17.7 Å². The van der Waals surface area contributed by atoms with Crippen molar-refractivity contribution in [3.63, 3.8) is 0 Å². The summed E-state index contributed by atoms with van der Waals surface area (Å²) >= 11 is 0.973. The molecule has 24 heavy (non-hydrogen) atoms. The maximum absolute atomic E-state index is 12.8. The van der Waals surface area contributed by atoms with Crippen molar-refractivity contribution in [2.24, 2.45) is 0 Å². The molecule has 1 fully saturated rings. The predicted molar refractivity (Wildman–Crippen MR) is 97.2 cm³/mol. The molecule has 1 aliphatic heterocycles. The van der Waals surface area contributed by atoms with Crippen molar-refractivity contribution in [2.75, 3.05) is 12.0 Å². The number of imide groups is 1. The molecule has 1 saturated heterocycles. The molecule has 2 aromatic carbocycles. The average Bonchev–Trinajstić information content (AvgIpc) is 2.90. The van der Waals surface area contributed by atoms with E-state index in [1.807, 2.05) is 50.2 Å². The van der Waals surface area contributed by atoms with Gasteiger partial charge in [0.15, 0.2) is 0 Å². The highest BCUT2D eigenvalue weighted by atomic mass is 32.2. The first-order chi connectivity index (χ1) is 11.5. The SMILES string of the molecule is COc1cccc(/C(C)=C2\SC(=O)N(c3ccc(C)cc3)C2=O)c1. The molecule has 122 valence electrons. The van der Waals surface area contributed by atoms with Crippen LogP contribution in [0.25, 0.3) is 5.57 Å². The number of rotatable bonds is 3. The largest absolute Gasteiger partial charge is 0.497 e. The Balaban J connectivity index is 1.99. The van der Waals surface area contributed by atoms with Crippen molar-refractivity contribution in [3.05, 3.63) is 64.6 Å². The lowest BCUT2D eigenvalue weighted by Gasteiger charge is -2.13. The summed E-state index contributed by atoms with van der Waals surface area (Å²) in [6, 6.07) is 14.8. The summed E-state index contributed by atoms with van der Waals surface area (Å²) < 4.78 is 5.23. The number of methoxy groups -OCH3 is 1. The number of thioether (sulfide) groups is 1. The molecular formula is C19H17NO3S. The summed E-state index contributed by atoms with van der Waals surface area (Å²) in [5.74, 6) is 0.429. The molecular weight excluding hydrogens is 322 g/mol. The van der Waals surface area contributed by atoms with Crippen LogP contribution in [0.5, 0.6) is 5.75 Å².